The fraction of sp³-hybridized carbons (Fsp3) is 0.353. The molecule has 2 heterocycles. The zero-order valence-corrected chi connectivity index (χ0v) is 12.4. The lowest BCUT2D eigenvalue weighted by molar-refractivity contribution is -0.115. The predicted molar refractivity (Wildman–Crippen MR) is 85.6 cm³/mol. The van der Waals surface area contributed by atoms with Crippen LogP contribution < -0.4 is 10.2 Å². The molecule has 1 aliphatic rings. The molecule has 3 rings (SSSR count). The van der Waals surface area contributed by atoms with Crippen molar-refractivity contribution in [1.82, 2.24) is 4.57 Å². The van der Waals surface area contributed by atoms with Crippen molar-refractivity contribution < 1.29 is 4.79 Å². The zero-order valence-electron chi connectivity index (χ0n) is 12.4. The number of nitrogens with zero attached hydrogens (tertiary/aromatic N) is 2. The SMILES string of the molecule is Cn1ccc(CC(=O)Nc2ccc(N3CCCC3)cc2)c1. The molecular weight excluding hydrogens is 262 g/mol. The van der Waals surface area contributed by atoms with Gasteiger partial charge in [-0.15, -0.1) is 0 Å². The van der Waals surface area contributed by atoms with Gasteiger partial charge in [0.15, 0.2) is 0 Å². The molecule has 0 atom stereocenters. The fourth-order valence-corrected chi connectivity index (χ4v) is 2.79. The molecule has 1 amide bonds. The van der Waals surface area contributed by atoms with E-state index in [0.717, 1.165) is 24.3 Å². The fourth-order valence-electron chi connectivity index (χ4n) is 2.79. The normalized spacial score (nSPS) is 14.4. The number of benzene rings is 1. The van der Waals surface area contributed by atoms with Crippen LogP contribution in [0.5, 0.6) is 0 Å². The molecule has 21 heavy (non-hydrogen) atoms. The van der Waals surface area contributed by atoms with E-state index in [4.69, 9.17) is 0 Å². The van der Waals surface area contributed by atoms with Crippen LogP contribution in [0.4, 0.5) is 11.4 Å². The highest BCUT2D eigenvalue weighted by Gasteiger charge is 2.12. The monoisotopic (exact) mass is 283 g/mol. The molecule has 110 valence electrons. The number of hydrogen-bond acceptors (Lipinski definition) is 2. The Labute approximate surface area is 125 Å². The van der Waals surface area contributed by atoms with Crippen LogP contribution in [-0.4, -0.2) is 23.6 Å². The van der Waals surface area contributed by atoms with Gasteiger partial charge in [-0.05, 0) is 48.7 Å². The maximum absolute atomic E-state index is 12.0. The maximum Gasteiger partial charge on any atom is 0.228 e. The summed E-state index contributed by atoms with van der Waals surface area (Å²) in [5.41, 5.74) is 3.14. The van der Waals surface area contributed by atoms with Crippen LogP contribution in [0.3, 0.4) is 0 Å². The Kier molecular flexibility index (Phi) is 3.95. The molecule has 1 fully saturated rings. The number of hydrogen-bond donors (Lipinski definition) is 1. The van der Waals surface area contributed by atoms with Gasteiger partial charge in [0, 0.05) is 43.9 Å². The van der Waals surface area contributed by atoms with Crippen LogP contribution in [0.25, 0.3) is 0 Å². The number of aryl methyl sites for hydroxylation is 1. The van der Waals surface area contributed by atoms with E-state index in [2.05, 4.69) is 22.3 Å². The van der Waals surface area contributed by atoms with Crippen molar-refractivity contribution in [2.75, 3.05) is 23.3 Å². The summed E-state index contributed by atoms with van der Waals surface area (Å²) in [7, 11) is 1.96. The number of anilines is 2. The maximum atomic E-state index is 12.0. The second kappa shape index (κ2) is 6.04. The van der Waals surface area contributed by atoms with Gasteiger partial charge in [-0.25, -0.2) is 0 Å². The molecule has 4 heteroatoms. The quantitative estimate of drug-likeness (QED) is 0.937. The van der Waals surface area contributed by atoms with Gasteiger partial charge < -0.3 is 14.8 Å². The van der Waals surface area contributed by atoms with Gasteiger partial charge in [0.1, 0.15) is 0 Å². The van der Waals surface area contributed by atoms with E-state index in [1.165, 1.54) is 18.5 Å². The van der Waals surface area contributed by atoms with Crippen molar-refractivity contribution in [2.24, 2.45) is 7.05 Å². The Morgan fingerprint density at radius 2 is 1.86 bits per heavy atom. The third-order valence-corrected chi connectivity index (χ3v) is 3.88. The first kappa shape index (κ1) is 13.7. The molecule has 1 N–H and O–H groups in total. The van der Waals surface area contributed by atoms with E-state index in [1.54, 1.807) is 0 Å². The second-order valence-corrected chi connectivity index (χ2v) is 5.65. The molecule has 1 aliphatic heterocycles. The Bertz CT molecular complexity index is 609. The minimum Gasteiger partial charge on any atom is -0.372 e. The van der Waals surface area contributed by atoms with Crippen LogP contribution >= 0.6 is 0 Å². The van der Waals surface area contributed by atoms with Gasteiger partial charge in [0.2, 0.25) is 5.91 Å². The average Bonchev–Trinajstić information content (AvgIpc) is 3.11. The van der Waals surface area contributed by atoms with E-state index in [9.17, 15) is 4.79 Å². The molecule has 2 aromatic rings. The largest absolute Gasteiger partial charge is 0.372 e. The molecule has 0 saturated carbocycles. The second-order valence-electron chi connectivity index (χ2n) is 5.65. The highest BCUT2D eigenvalue weighted by molar-refractivity contribution is 5.92. The van der Waals surface area contributed by atoms with Crippen molar-refractivity contribution in [1.29, 1.82) is 0 Å². The molecule has 1 saturated heterocycles. The van der Waals surface area contributed by atoms with Gasteiger partial charge in [0.25, 0.3) is 0 Å². The van der Waals surface area contributed by atoms with Gasteiger partial charge in [-0.2, -0.15) is 0 Å². The van der Waals surface area contributed by atoms with Gasteiger partial charge in [0.05, 0.1) is 6.42 Å². The summed E-state index contributed by atoms with van der Waals surface area (Å²) in [4.78, 5) is 14.4. The number of aromatic nitrogens is 1. The van der Waals surface area contributed by atoms with Crippen molar-refractivity contribution in [3.05, 3.63) is 48.3 Å². The minimum atomic E-state index is 0.0233. The topological polar surface area (TPSA) is 37.3 Å². The first-order valence-electron chi connectivity index (χ1n) is 7.46. The molecule has 1 aromatic heterocycles. The van der Waals surface area contributed by atoms with Crippen LogP contribution in [0, 0.1) is 0 Å². The molecule has 4 nitrogen and oxygen atoms in total. The third-order valence-electron chi connectivity index (χ3n) is 3.88. The van der Waals surface area contributed by atoms with E-state index in [0.29, 0.717) is 6.42 Å². The van der Waals surface area contributed by atoms with E-state index < -0.39 is 0 Å². The van der Waals surface area contributed by atoms with Crippen LogP contribution in [0.2, 0.25) is 0 Å². The number of rotatable bonds is 4. The van der Waals surface area contributed by atoms with Crippen molar-refractivity contribution in [3.8, 4) is 0 Å². The lowest BCUT2D eigenvalue weighted by Gasteiger charge is -2.17. The first-order valence-corrected chi connectivity index (χ1v) is 7.46. The predicted octanol–water partition coefficient (Wildman–Crippen LogP) is 2.81. The van der Waals surface area contributed by atoms with Crippen LogP contribution in [0.15, 0.2) is 42.7 Å². The standard InChI is InChI=1S/C17H21N3O/c1-19-11-8-14(13-19)12-17(21)18-15-4-6-16(7-5-15)20-9-2-3-10-20/h4-8,11,13H,2-3,9-10,12H2,1H3,(H,18,21). The number of carbonyl (C=O) groups is 1. The highest BCUT2D eigenvalue weighted by atomic mass is 16.1. The Hall–Kier alpha value is -2.23. The van der Waals surface area contributed by atoms with Crippen molar-refractivity contribution in [2.45, 2.75) is 19.3 Å². The molecule has 0 radical (unpaired) electrons. The lowest BCUT2D eigenvalue weighted by Crippen LogP contribution is -2.18. The van der Waals surface area contributed by atoms with Gasteiger partial charge >= 0.3 is 0 Å². The molecule has 0 unspecified atom stereocenters. The average molecular weight is 283 g/mol. The summed E-state index contributed by atoms with van der Waals surface area (Å²) in [6, 6.07) is 10.1. The van der Waals surface area contributed by atoms with Crippen LogP contribution in [-0.2, 0) is 18.3 Å². The Balaban J connectivity index is 1.58. The Morgan fingerprint density at radius 1 is 1.14 bits per heavy atom. The first-order chi connectivity index (χ1) is 10.2. The lowest BCUT2D eigenvalue weighted by atomic mass is 10.2. The summed E-state index contributed by atoms with van der Waals surface area (Å²) in [5.74, 6) is 0.0233. The van der Waals surface area contributed by atoms with Gasteiger partial charge in [-0.3, -0.25) is 4.79 Å². The van der Waals surface area contributed by atoms with E-state index in [1.807, 2.05) is 42.2 Å². The molecular formula is C17H21N3O. The smallest absolute Gasteiger partial charge is 0.228 e. The third kappa shape index (κ3) is 3.45. The van der Waals surface area contributed by atoms with E-state index >= 15 is 0 Å². The van der Waals surface area contributed by atoms with Crippen molar-refractivity contribution >= 4 is 17.3 Å². The molecule has 1 aromatic carbocycles. The Morgan fingerprint density at radius 3 is 2.48 bits per heavy atom. The molecule has 0 aliphatic carbocycles. The zero-order chi connectivity index (χ0) is 14.7. The minimum absolute atomic E-state index is 0.0233. The number of nitrogens with one attached hydrogen (secondary N) is 1. The van der Waals surface area contributed by atoms with Crippen LogP contribution in [0.1, 0.15) is 18.4 Å². The summed E-state index contributed by atoms with van der Waals surface area (Å²) in [6.45, 7) is 2.28. The number of carbonyl (C=O) groups excluding carboxylic acids is 1. The number of amides is 1. The summed E-state index contributed by atoms with van der Waals surface area (Å²) in [5, 5.41) is 2.95. The summed E-state index contributed by atoms with van der Waals surface area (Å²) >= 11 is 0. The van der Waals surface area contributed by atoms with Gasteiger partial charge in [-0.1, -0.05) is 0 Å². The molecule has 0 spiro atoms. The molecule has 0 bridgehead atoms. The highest BCUT2D eigenvalue weighted by Crippen LogP contribution is 2.22. The summed E-state index contributed by atoms with van der Waals surface area (Å²) < 4.78 is 1.95. The summed E-state index contributed by atoms with van der Waals surface area (Å²) in [6.07, 6.45) is 6.88. The van der Waals surface area contributed by atoms with E-state index in [-0.39, 0.29) is 5.91 Å². The van der Waals surface area contributed by atoms with Crippen molar-refractivity contribution in [3.63, 3.8) is 0 Å².